The van der Waals surface area contributed by atoms with Gasteiger partial charge in [-0.15, -0.1) is 4.73 Å². The first-order valence-electron chi connectivity index (χ1n) is 19.4. The van der Waals surface area contributed by atoms with E-state index in [-0.39, 0.29) is 103 Å². The first-order valence-corrected chi connectivity index (χ1v) is 19.4. The molecule has 1 rings (SSSR count). The number of aromatic hydroxyl groups is 2. The molecule has 1 aromatic rings. The number of aromatic nitrogens is 1. The average Bonchev–Trinajstić information content (AvgIpc) is 3.47. The summed E-state index contributed by atoms with van der Waals surface area (Å²) in [4.78, 5) is 74.7. The van der Waals surface area contributed by atoms with Crippen molar-refractivity contribution in [1.29, 1.82) is 0 Å². The van der Waals surface area contributed by atoms with Gasteiger partial charge >= 0.3 is 17.9 Å². The van der Waals surface area contributed by atoms with E-state index >= 15 is 0 Å². The van der Waals surface area contributed by atoms with Gasteiger partial charge in [0.15, 0.2) is 0 Å². The molecule has 7 N–H and O–H groups in total. The molecule has 1 unspecified atom stereocenters. The van der Waals surface area contributed by atoms with Gasteiger partial charge in [0.25, 0.3) is 0 Å². The Bertz CT molecular complexity index is 1260. The molecule has 0 saturated heterocycles. The minimum absolute atomic E-state index is 0.0408. The highest BCUT2D eigenvalue weighted by Gasteiger charge is 2.21. The Labute approximate surface area is 327 Å². The second kappa shape index (κ2) is 32.8. The SMILES string of the molecule is O=C(O)CCCCCCCCCCCCCCC(=O)NC(CCC(=O)NCCOCCOCC(=O)NCCOCCOCC(=O)On1c(O)ccc1O)C(=O)O. The van der Waals surface area contributed by atoms with Crippen molar-refractivity contribution in [3.8, 4) is 11.8 Å². The van der Waals surface area contributed by atoms with E-state index in [2.05, 4.69) is 16.0 Å². The molecule has 19 nitrogen and oxygen atoms in total. The molecule has 0 saturated carbocycles. The van der Waals surface area contributed by atoms with Crippen LogP contribution < -0.4 is 20.8 Å². The Balaban J connectivity index is 1.93. The summed E-state index contributed by atoms with van der Waals surface area (Å²) in [6.45, 7) is 0.689. The normalized spacial score (nSPS) is 11.5. The van der Waals surface area contributed by atoms with Crippen LogP contribution in [0, 0.1) is 0 Å². The molecular formula is C37H62N4O15. The molecule has 0 fully saturated rings. The summed E-state index contributed by atoms with van der Waals surface area (Å²) in [6.07, 6.45) is 12.6. The molecule has 1 atom stereocenters. The van der Waals surface area contributed by atoms with Gasteiger partial charge < -0.3 is 60.2 Å². The lowest BCUT2D eigenvalue weighted by Gasteiger charge is -2.14. The van der Waals surface area contributed by atoms with Crippen LogP contribution in [0.5, 0.6) is 11.8 Å². The standard InChI is InChI=1S/C37H62N4O15/c42-30(16-15-29(37(50)51)40-31(43)13-11-9-7-5-3-1-2-4-6-8-10-12-14-35(47)48)38-19-21-52-23-25-54-27-32(44)39-20-22-53-24-26-55-28-36(49)56-41-33(45)17-18-34(41)46/h17-18,29,45-46H,1-16,19-28H2,(H,38,42)(H,39,44)(H,40,43)(H,47,48)(H,50,51). The predicted molar refractivity (Wildman–Crippen MR) is 200 cm³/mol. The van der Waals surface area contributed by atoms with Crippen LogP contribution in [0.4, 0.5) is 0 Å². The van der Waals surface area contributed by atoms with Gasteiger partial charge in [-0.2, -0.15) is 0 Å². The Hall–Kier alpha value is -4.46. The van der Waals surface area contributed by atoms with Crippen molar-refractivity contribution in [2.45, 2.75) is 109 Å². The molecule has 0 aliphatic carbocycles. The maximum absolute atomic E-state index is 12.3. The van der Waals surface area contributed by atoms with Crippen LogP contribution >= 0.6 is 0 Å². The van der Waals surface area contributed by atoms with Gasteiger partial charge in [0.2, 0.25) is 29.5 Å². The summed E-state index contributed by atoms with van der Waals surface area (Å²) in [6, 6.07) is 1.14. The maximum atomic E-state index is 12.3. The van der Waals surface area contributed by atoms with Gasteiger partial charge in [-0.1, -0.05) is 64.2 Å². The number of amides is 3. The quantitative estimate of drug-likeness (QED) is 0.0475. The molecule has 0 aliphatic heterocycles. The zero-order valence-corrected chi connectivity index (χ0v) is 32.3. The van der Waals surface area contributed by atoms with E-state index in [1.807, 2.05) is 0 Å². The van der Waals surface area contributed by atoms with Crippen molar-refractivity contribution in [2.75, 3.05) is 65.9 Å². The Morgan fingerprint density at radius 1 is 0.554 bits per heavy atom. The fourth-order valence-electron chi connectivity index (χ4n) is 5.18. The van der Waals surface area contributed by atoms with Crippen LogP contribution in [0.1, 0.15) is 103 Å². The zero-order chi connectivity index (χ0) is 41.2. The number of hydrogen-bond acceptors (Lipinski definition) is 13. The number of carbonyl (C=O) groups excluding carboxylic acids is 4. The van der Waals surface area contributed by atoms with E-state index < -0.39 is 42.3 Å². The van der Waals surface area contributed by atoms with E-state index in [1.54, 1.807) is 0 Å². The van der Waals surface area contributed by atoms with Crippen molar-refractivity contribution in [3.63, 3.8) is 0 Å². The third-order valence-electron chi connectivity index (χ3n) is 8.16. The molecule has 56 heavy (non-hydrogen) atoms. The van der Waals surface area contributed by atoms with Crippen LogP contribution in [-0.2, 0) is 47.7 Å². The van der Waals surface area contributed by atoms with Gasteiger partial charge in [0.05, 0.1) is 39.6 Å². The number of nitrogens with one attached hydrogen (secondary N) is 3. The van der Waals surface area contributed by atoms with Crippen molar-refractivity contribution in [3.05, 3.63) is 12.1 Å². The summed E-state index contributed by atoms with van der Waals surface area (Å²) in [7, 11) is 0. The third kappa shape index (κ3) is 28.0. The molecule has 0 bridgehead atoms. The first kappa shape index (κ1) is 49.6. The number of carboxylic acid groups (broad SMARTS) is 2. The number of rotatable bonds is 37. The number of unbranched alkanes of at least 4 members (excludes halogenated alkanes) is 11. The second-order valence-corrected chi connectivity index (χ2v) is 13.0. The third-order valence-corrected chi connectivity index (χ3v) is 8.16. The molecule has 0 radical (unpaired) electrons. The van der Waals surface area contributed by atoms with E-state index in [1.165, 1.54) is 19.3 Å². The minimum atomic E-state index is -1.20. The molecular weight excluding hydrogens is 740 g/mol. The smallest absolute Gasteiger partial charge is 0.358 e. The Morgan fingerprint density at radius 2 is 1.02 bits per heavy atom. The number of nitrogens with zero attached hydrogens (tertiary/aromatic N) is 1. The lowest BCUT2D eigenvalue weighted by Crippen LogP contribution is -2.41. The van der Waals surface area contributed by atoms with Crippen molar-refractivity contribution in [1.82, 2.24) is 20.7 Å². The molecule has 1 aromatic heterocycles. The van der Waals surface area contributed by atoms with Crippen LogP contribution in [0.3, 0.4) is 0 Å². The van der Waals surface area contributed by atoms with Crippen molar-refractivity contribution in [2.24, 2.45) is 0 Å². The molecule has 3 amide bonds. The molecule has 0 aromatic carbocycles. The molecule has 1 heterocycles. The lowest BCUT2D eigenvalue weighted by molar-refractivity contribution is -0.151. The molecule has 320 valence electrons. The monoisotopic (exact) mass is 802 g/mol. The number of carboxylic acids is 2. The van der Waals surface area contributed by atoms with Gasteiger partial charge in [-0.25, -0.2) is 9.59 Å². The molecule has 0 spiro atoms. The number of aliphatic carboxylic acids is 2. The Kier molecular flexibility index (Phi) is 29.0. The van der Waals surface area contributed by atoms with Crippen LogP contribution in [0.15, 0.2) is 12.1 Å². The predicted octanol–water partition coefficient (Wildman–Crippen LogP) is 2.05. The van der Waals surface area contributed by atoms with Crippen molar-refractivity contribution >= 4 is 35.6 Å². The van der Waals surface area contributed by atoms with Gasteiger partial charge in [-0.05, 0) is 19.3 Å². The first-order chi connectivity index (χ1) is 27.0. The number of ether oxygens (including phenoxy) is 4. The van der Waals surface area contributed by atoms with Crippen LogP contribution in [0.2, 0.25) is 0 Å². The zero-order valence-electron chi connectivity index (χ0n) is 32.3. The number of carbonyl (C=O) groups is 6. The summed E-state index contributed by atoms with van der Waals surface area (Å²) in [5.41, 5.74) is 0. The average molecular weight is 803 g/mol. The lowest BCUT2D eigenvalue weighted by atomic mass is 10.0. The highest BCUT2D eigenvalue weighted by Crippen LogP contribution is 2.18. The highest BCUT2D eigenvalue weighted by molar-refractivity contribution is 5.84. The Morgan fingerprint density at radius 3 is 1.54 bits per heavy atom. The minimum Gasteiger partial charge on any atom is -0.492 e. The van der Waals surface area contributed by atoms with Gasteiger partial charge in [0.1, 0.15) is 19.3 Å². The summed E-state index contributed by atoms with van der Waals surface area (Å²) in [5, 5.41) is 44.7. The van der Waals surface area contributed by atoms with E-state index in [0.717, 1.165) is 63.5 Å². The fourth-order valence-corrected chi connectivity index (χ4v) is 5.18. The van der Waals surface area contributed by atoms with Gasteiger partial charge in [0, 0.05) is 44.5 Å². The number of hydrogen-bond donors (Lipinski definition) is 7. The van der Waals surface area contributed by atoms with E-state index in [9.17, 15) is 44.1 Å². The molecule has 0 aliphatic rings. The highest BCUT2D eigenvalue weighted by atomic mass is 16.7. The van der Waals surface area contributed by atoms with Gasteiger partial charge in [-0.3, -0.25) is 19.2 Å². The largest absolute Gasteiger partial charge is 0.492 e. The van der Waals surface area contributed by atoms with E-state index in [4.69, 9.17) is 28.9 Å². The maximum Gasteiger partial charge on any atom is 0.358 e. The van der Waals surface area contributed by atoms with Crippen LogP contribution in [0.25, 0.3) is 0 Å². The van der Waals surface area contributed by atoms with Crippen LogP contribution in [-0.4, -0.2) is 133 Å². The second-order valence-electron chi connectivity index (χ2n) is 13.0. The van der Waals surface area contributed by atoms with Crippen molar-refractivity contribution < 1.29 is 73.0 Å². The van der Waals surface area contributed by atoms with E-state index in [0.29, 0.717) is 11.2 Å². The molecule has 19 heteroatoms. The summed E-state index contributed by atoms with van der Waals surface area (Å²) in [5.74, 6) is -4.74. The summed E-state index contributed by atoms with van der Waals surface area (Å²) < 4.78 is 21.5. The summed E-state index contributed by atoms with van der Waals surface area (Å²) >= 11 is 0. The fraction of sp³-hybridized carbons (Fsp3) is 0.730. The topological polar surface area (TPSA) is 271 Å².